The zero-order valence-electron chi connectivity index (χ0n) is 13.9. The van der Waals surface area contributed by atoms with Crippen LogP contribution in [0.1, 0.15) is 89.9 Å². The monoisotopic (exact) mass is 470 g/mol. The Labute approximate surface area is 162 Å². The van der Waals surface area contributed by atoms with E-state index in [4.69, 9.17) is 0 Å². The fourth-order valence-electron chi connectivity index (χ4n) is 5.85. The first kappa shape index (κ1) is 20.1. The minimum absolute atomic E-state index is 0. The van der Waals surface area contributed by atoms with Gasteiger partial charge in [-0.3, -0.25) is 0 Å². The Morgan fingerprint density at radius 1 is 0.591 bits per heavy atom. The molecule has 0 amide bonds. The fraction of sp³-hybridized carbons (Fsp3) is 1.00. The molecule has 0 aromatic carbocycles. The predicted molar refractivity (Wildman–Crippen MR) is 115 cm³/mol. The summed E-state index contributed by atoms with van der Waals surface area (Å²) in [5.74, 6) is 0. The van der Waals surface area contributed by atoms with Gasteiger partial charge >= 0.3 is 0 Å². The van der Waals surface area contributed by atoms with E-state index < -0.39 is 0 Å². The van der Waals surface area contributed by atoms with Crippen molar-refractivity contribution in [3.8, 4) is 0 Å². The lowest BCUT2D eigenvalue weighted by atomic mass is 9.80. The molecule has 2 atom stereocenters. The van der Waals surface area contributed by atoms with E-state index in [1.807, 2.05) is 0 Å². The zero-order chi connectivity index (χ0) is 13.5. The third kappa shape index (κ3) is 4.31. The largest absolute Gasteiger partial charge is 0.114 e. The summed E-state index contributed by atoms with van der Waals surface area (Å²) in [4.78, 5) is 0. The molecule has 0 aromatic rings. The van der Waals surface area contributed by atoms with Gasteiger partial charge in [0.2, 0.25) is 0 Å². The lowest BCUT2D eigenvalue weighted by Crippen LogP contribution is -2.39. The lowest BCUT2D eigenvalue weighted by molar-refractivity contribution is 0.305. The Morgan fingerprint density at radius 3 is 1.23 bits per heavy atom. The summed E-state index contributed by atoms with van der Waals surface area (Å²) < 4.78 is 0. The van der Waals surface area contributed by atoms with Gasteiger partial charge in [0, 0.05) is 0 Å². The molecule has 4 rings (SSSR count). The molecule has 22 heavy (non-hydrogen) atoms. The molecule has 4 bridgehead atoms. The van der Waals surface area contributed by atoms with Crippen molar-refractivity contribution in [3.63, 3.8) is 0 Å². The van der Waals surface area contributed by atoms with E-state index >= 15 is 0 Å². The van der Waals surface area contributed by atoms with Crippen LogP contribution in [0.15, 0.2) is 0 Å². The summed E-state index contributed by atoms with van der Waals surface area (Å²) in [5, 5.41) is 1.70. The Bertz CT molecular complexity index is 307. The SMILES string of the molecule is Br.Br.C1CC2CCCC(CCC34CCCC(CCC3)P4)(C1)P2. The van der Waals surface area contributed by atoms with Crippen molar-refractivity contribution < 1.29 is 0 Å². The van der Waals surface area contributed by atoms with Crippen LogP contribution in [0.4, 0.5) is 0 Å². The Balaban J connectivity index is 0.000000882. The molecule has 4 aliphatic rings. The van der Waals surface area contributed by atoms with Gasteiger partial charge in [0.05, 0.1) is 0 Å². The van der Waals surface area contributed by atoms with E-state index in [2.05, 4.69) is 0 Å². The second kappa shape index (κ2) is 8.47. The van der Waals surface area contributed by atoms with Crippen LogP contribution < -0.4 is 0 Å². The average molecular weight is 472 g/mol. The van der Waals surface area contributed by atoms with Crippen LogP contribution in [0.3, 0.4) is 0 Å². The molecule has 0 spiro atoms. The average Bonchev–Trinajstić information content (AvgIpc) is 2.46. The van der Waals surface area contributed by atoms with Crippen LogP contribution in [0.5, 0.6) is 0 Å². The molecule has 130 valence electrons. The normalized spacial score (nSPS) is 45.8. The first-order valence-electron chi connectivity index (χ1n) is 9.33. The van der Waals surface area contributed by atoms with E-state index in [-0.39, 0.29) is 34.0 Å². The minimum atomic E-state index is 0. The van der Waals surface area contributed by atoms with E-state index in [9.17, 15) is 0 Å². The molecule has 0 saturated carbocycles. The van der Waals surface area contributed by atoms with Crippen LogP contribution in [-0.4, -0.2) is 21.6 Å². The Morgan fingerprint density at radius 2 is 0.909 bits per heavy atom. The zero-order valence-corrected chi connectivity index (χ0v) is 19.3. The third-order valence-electron chi connectivity index (χ3n) is 6.93. The summed E-state index contributed by atoms with van der Waals surface area (Å²) >= 11 is 0. The first-order valence-corrected chi connectivity index (χ1v) is 11.5. The number of hydrogen-bond donors (Lipinski definition) is 0. The summed E-state index contributed by atoms with van der Waals surface area (Å²) in [5.41, 5.74) is 2.31. The van der Waals surface area contributed by atoms with Crippen molar-refractivity contribution in [1.82, 2.24) is 0 Å². The van der Waals surface area contributed by atoms with Gasteiger partial charge in [-0.25, -0.2) is 0 Å². The van der Waals surface area contributed by atoms with Crippen molar-refractivity contribution in [3.05, 3.63) is 0 Å². The molecule has 4 aliphatic heterocycles. The minimum Gasteiger partial charge on any atom is -0.114 e. The Hall–Kier alpha value is 1.82. The fourth-order valence-corrected chi connectivity index (χ4v) is 10.8. The van der Waals surface area contributed by atoms with Gasteiger partial charge in [-0.2, -0.15) is 0 Å². The van der Waals surface area contributed by atoms with Crippen LogP contribution in [0, 0.1) is 0 Å². The van der Waals surface area contributed by atoms with Crippen molar-refractivity contribution in [1.29, 1.82) is 0 Å². The predicted octanol–water partition coefficient (Wildman–Crippen LogP) is 7.23. The molecule has 0 aromatic heterocycles. The standard InChI is InChI=1S/C18H32P2.2BrH/c1-5-15-6-2-10-17(9-1,19-15)13-14-18-11-3-7-16(20-18)8-4-12-18;;/h15-16,19-20H,1-14H2;2*1H. The number of hydrogen-bond acceptors (Lipinski definition) is 0. The maximum Gasteiger partial charge on any atom is -0.0119 e. The quantitative estimate of drug-likeness (QED) is 0.381. The number of rotatable bonds is 3. The highest BCUT2D eigenvalue weighted by Crippen LogP contribution is 2.61. The summed E-state index contributed by atoms with van der Waals surface area (Å²) in [6.07, 6.45) is 22.2. The molecule has 0 radical (unpaired) electrons. The Kier molecular flexibility index (Phi) is 7.75. The van der Waals surface area contributed by atoms with Crippen molar-refractivity contribution in [2.75, 3.05) is 0 Å². The van der Waals surface area contributed by atoms with E-state index in [1.54, 1.807) is 89.9 Å². The van der Waals surface area contributed by atoms with Gasteiger partial charge in [-0.05, 0) is 85.8 Å². The molecule has 0 aliphatic carbocycles. The van der Waals surface area contributed by atoms with E-state index in [1.165, 1.54) is 17.2 Å². The second-order valence-corrected chi connectivity index (χ2v) is 12.6. The van der Waals surface area contributed by atoms with Crippen LogP contribution in [0.25, 0.3) is 0 Å². The summed E-state index contributed by atoms with van der Waals surface area (Å²) in [7, 11) is 2.69. The highest BCUT2D eigenvalue weighted by molar-refractivity contribution is 8.93. The molecule has 4 heteroatoms. The van der Waals surface area contributed by atoms with Gasteiger partial charge in [0.15, 0.2) is 0 Å². The number of fused-ring (bicyclic) bond motifs is 4. The van der Waals surface area contributed by atoms with Gasteiger partial charge < -0.3 is 0 Å². The highest BCUT2D eigenvalue weighted by atomic mass is 79.9. The van der Waals surface area contributed by atoms with E-state index in [0.29, 0.717) is 0 Å². The summed E-state index contributed by atoms with van der Waals surface area (Å²) in [6, 6.07) is 0. The van der Waals surface area contributed by atoms with Crippen LogP contribution in [0.2, 0.25) is 0 Å². The summed E-state index contributed by atoms with van der Waals surface area (Å²) in [6.45, 7) is 0. The molecule has 4 heterocycles. The van der Waals surface area contributed by atoms with Gasteiger partial charge in [-0.1, -0.05) is 25.7 Å². The van der Waals surface area contributed by atoms with Crippen LogP contribution >= 0.6 is 51.1 Å². The highest BCUT2D eigenvalue weighted by Gasteiger charge is 2.43. The van der Waals surface area contributed by atoms with Crippen molar-refractivity contribution in [2.24, 2.45) is 0 Å². The molecule has 0 N–H and O–H groups in total. The lowest BCUT2D eigenvalue weighted by Gasteiger charge is -2.50. The van der Waals surface area contributed by atoms with Gasteiger partial charge in [-0.15, -0.1) is 51.1 Å². The molecule has 4 saturated heterocycles. The van der Waals surface area contributed by atoms with Gasteiger partial charge in [0.1, 0.15) is 0 Å². The maximum absolute atomic E-state index is 1.63. The molecular weight excluding hydrogens is 438 g/mol. The van der Waals surface area contributed by atoms with Gasteiger partial charge in [0.25, 0.3) is 0 Å². The van der Waals surface area contributed by atoms with E-state index in [0.717, 1.165) is 21.6 Å². The molecule has 0 nitrogen and oxygen atoms in total. The second-order valence-electron chi connectivity index (χ2n) is 8.31. The smallest absolute Gasteiger partial charge is 0.0119 e. The van der Waals surface area contributed by atoms with Crippen molar-refractivity contribution >= 4 is 51.1 Å². The maximum atomic E-state index is 1.63. The topological polar surface area (TPSA) is 0 Å². The molecule has 4 fully saturated rings. The number of halogens is 2. The first-order chi connectivity index (χ1) is 9.78. The molecule has 2 unspecified atom stereocenters. The van der Waals surface area contributed by atoms with Crippen LogP contribution in [-0.2, 0) is 0 Å². The van der Waals surface area contributed by atoms with Crippen molar-refractivity contribution in [2.45, 2.75) is 112 Å². The third-order valence-corrected chi connectivity index (χ3v) is 11.6. The molecular formula is C18H34Br2P2.